The lowest BCUT2D eigenvalue weighted by atomic mass is 10.0. The highest BCUT2D eigenvalue weighted by Crippen LogP contribution is 2.31. The third-order valence-corrected chi connectivity index (χ3v) is 4.13. The Morgan fingerprint density at radius 1 is 1.12 bits per heavy atom. The number of hydrogen-bond acceptors (Lipinski definition) is 4. The van der Waals surface area contributed by atoms with Crippen molar-refractivity contribution in [2.45, 2.75) is 27.2 Å². The highest BCUT2D eigenvalue weighted by Gasteiger charge is 2.13. The number of rotatable bonds is 2. The molecule has 25 heavy (non-hydrogen) atoms. The van der Waals surface area contributed by atoms with Crippen LogP contribution in [0.25, 0.3) is 22.2 Å². The van der Waals surface area contributed by atoms with Crippen LogP contribution in [0.2, 0.25) is 0 Å². The van der Waals surface area contributed by atoms with E-state index in [1.165, 1.54) is 5.56 Å². The van der Waals surface area contributed by atoms with Crippen LogP contribution in [0.15, 0.2) is 53.3 Å². The smallest absolute Gasteiger partial charge is 0.141 e. The molecule has 2 heterocycles. The number of aromatic amines is 1. The maximum atomic E-state index is 5.97. The first-order valence-electron chi connectivity index (χ1n) is 8.30. The van der Waals surface area contributed by atoms with Crippen molar-refractivity contribution in [3.8, 4) is 11.1 Å². The van der Waals surface area contributed by atoms with Gasteiger partial charge in [0.15, 0.2) is 0 Å². The minimum absolute atomic E-state index is 0.652. The van der Waals surface area contributed by atoms with E-state index >= 15 is 0 Å². The summed E-state index contributed by atoms with van der Waals surface area (Å²) in [5.41, 5.74) is 12.6. The number of benzene rings is 2. The molecule has 0 atom stereocenters. The van der Waals surface area contributed by atoms with Crippen LogP contribution >= 0.6 is 0 Å². The SMILES string of the molecule is CCc1ccccc1.Cc1noc(C)c1-c1cc(N)c2nc[nH]c2c1. The Morgan fingerprint density at radius 2 is 1.88 bits per heavy atom. The molecular weight excluding hydrogens is 312 g/mol. The standard InChI is InChI=1S/C12H12N4O.C8H10/c1-6-11(7(2)17-16-6)8-3-9(13)12-10(4-8)14-5-15-12;1-2-8-6-4-3-5-7-8/h3-5H,13H2,1-2H3,(H,14,15);3-7H,2H2,1H3. The van der Waals surface area contributed by atoms with Crippen LogP contribution in [0.3, 0.4) is 0 Å². The maximum absolute atomic E-state index is 5.97. The summed E-state index contributed by atoms with van der Waals surface area (Å²) in [5, 5.41) is 3.95. The minimum Gasteiger partial charge on any atom is -0.397 e. The van der Waals surface area contributed by atoms with Gasteiger partial charge in [0, 0.05) is 5.56 Å². The van der Waals surface area contributed by atoms with Crippen molar-refractivity contribution in [2.24, 2.45) is 0 Å². The molecule has 0 amide bonds. The van der Waals surface area contributed by atoms with E-state index in [0.717, 1.165) is 40.0 Å². The summed E-state index contributed by atoms with van der Waals surface area (Å²) in [6.07, 6.45) is 2.78. The Morgan fingerprint density at radius 3 is 2.48 bits per heavy atom. The van der Waals surface area contributed by atoms with Gasteiger partial charge in [0.25, 0.3) is 0 Å². The average molecular weight is 334 g/mol. The largest absolute Gasteiger partial charge is 0.397 e. The second kappa shape index (κ2) is 7.21. The molecule has 0 saturated heterocycles. The highest BCUT2D eigenvalue weighted by molar-refractivity contribution is 5.92. The summed E-state index contributed by atoms with van der Waals surface area (Å²) in [4.78, 5) is 7.23. The van der Waals surface area contributed by atoms with Crippen LogP contribution in [0, 0.1) is 13.8 Å². The number of nitrogens with one attached hydrogen (secondary N) is 1. The van der Waals surface area contributed by atoms with E-state index in [9.17, 15) is 0 Å². The molecule has 0 aliphatic rings. The normalized spacial score (nSPS) is 10.5. The second-order valence-corrected chi connectivity index (χ2v) is 5.90. The molecule has 0 saturated carbocycles. The van der Waals surface area contributed by atoms with Crippen LogP contribution in [-0.4, -0.2) is 15.1 Å². The number of nitrogens with two attached hydrogens (primary N) is 1. The summed E-state index contributed by atoms with van der Waals surface area (Å²) in [6.45, 7) is 5.97. The van der Waals surface area contributed by atoms with Gasteiger partial charge in [0.2, 0.25) is 0 Å². The predicted octanol–water partition coefficient (Wildman–Crippen LogP) is 4.67. The Labute approximate surface area is 146 Å². The van der Waals surface area contributed by atoms with E-state index in [-0.39, 0.29) is 0 Å². The number of aryl methyl sites for hydroxylation is 3. The fourth-order valence-electron chi connectivity index (χ4n) is 2.83. The van der Waals surface area contributed by atoms with Crippen LogP contribution < -0.4 is 5.73 Å². The van der Waals surface area contributed by atoms with Gasteiger partial charge in [-0.1, -0.05) is 42.4 Å². The predicted molar refractivity (Wildman–Crippen MR) is 101 cm³/mol. The van der Waals surface area contributed by atoms with E-state index in [0.29, 0.717) is 5.69 Å². The van der Waals surface area contributed by atoms with Gasteiger partial charge in [0.05, 0.1) is 23.2 Å². The molecule has 2 aromatic heterocycles. The molecule has 128 valence electrons. The number of H-pyrrole nitrogens is 1. The van der Waals surface area contributed by atoms with Crippen LogP contribution in [0.5, 0.6) is 0 Å². The first-order chi connectivity index (χ1) is 12.1. The number of nitrogens with zero attached hydrogens (tertiary/aromatic N) is 2. The van der Waals surface area contributed by atoms with Crippen LogP contribution in [0.4, 0.5) is 5.69 Å². The number of hydrogen-bond donors (Lipinski definition) is 2. The topological polar surface area (TPSA) is 80.7 Å². The third kappa shape index (κ3) is 3.55. The number of imidazole rings is 1. The second-order valence-electron chi connectivity index (χ2n) is 5.90. The van der Waals surface area contributed by atoms with Crippen molar-refractivity contribution in [2.75, 3.05) is 5.73 Å². The van der Waals surface area contributed by atoms with Crippen molar-refractivity contribution in [1.29, 1.82) is 0 Å². The van der Waals surface area contributed by atoms with Gasteiger partial charge in [-0.25, -0.2) is 4.98 Å². The zero-order chi connectivity index (χ0) is 17.8. The number of aromatic nitrogens is 3. The fraction of sp³-hybridized carbons (Fsp3) is 0.200. The van der Waals surface area contributed by atoms with Crippen molar-refractivity contribution < 1.29 is 4.52 Å². The third-order valence-electron chi connectivity index (χ3n) is 4.13. The molecule has 5 heteroatoms. The lowest BCUT2D eigenvalue weighted by molar-refractivity contribution is 0.393. The Balaban J connectivity index is 0.000000192. The van der Waals surface area contributed by atoms with E-state index in [4.69, 9.17) is 10.3 Å². The minimum atomic E-state index is 0.652. The summed E-state index contributed by atoms with van der Waals surface area (Å²) in [6, 6.07) is 14.4. The zero-order valence-corrected chi connectivity index (χ0v) is 14.7. The Hall–Kier alpha value is -3.08. The number of anilines is 1. The van der Waals surface area contributed by atoms with Gasteiger partial charge in [-0.05, 0) is 43.5 Å². The first-order valence-corrected chi connectivity index (χ1v) is 8.30. The van der Waals surface area contributed by atoms with Gasteiger partial charge >= 0.3 is 0 Å². The molecular formula is C20H22N4O. The Kier molecular flexibility index (Phi) is 4.84. The molecule has 0 unspecified atom stereocenters. The summed E-state index contributed by atoms with van der Waals surface area (Å²) >= 11 is 0. The number of nitrogen functional groups attached to an aromatic ring is 1. The quantitative estimate of drug-likeness (QED) is 0.522. The summed E-state index contributed by atoms with van der Waals surface area (Å²) in [5.74, 6) is 0.792. The van der Waals surface area contributed by atoms with E-state index in [1.54, 1.807) is 6.33 Å². The number of fused-ring (bicyclic) bond motifs is 1. The molecule has 2 aromatic carbocycles. The van der Waals surface area contributed by atoms with Crippen molar-refractivity contribution in [3.63, 3.8) is 0 Å². The van der Waals surface area contributed by atoms with Crippen molar-refractivity contribution in [1.82, 2.24) is 15.1 Å². The average Bonchev–Trinajstić information content (AvgIpc) is 3.23. The van der Waals surface area contributed by atoms with Gasteiger partial charge in [-0.3, -0.25) is 0 Å². The van der Waals surface area contributed by atoms with E-state index < -0.39 is 0 Å². The molecule has 0 aliphatic heterocycles. The molecule has 5 nitrogen and oxygen atoms in total. The van der Waals surface area contributed by atoms with Gasteiger partial charge in [0.1, 0.15) is 11.3 Å². The molecule has 3 N–H and O–H groups in total. The van der Waals surface area contributed by atoms with Crippen LogP contribution in [0.1, 0.15) is 23.9 Å². The molecule has 0 aliphatic carbocycles. The van der Waals surface area contributed by atoms with Gasteiger partial charge in [-0.2, -0.15) is 0 Å². The summed E-state index contributed by atoms with van der Waals surface area (Å²) in [7, 11) is 0. The zero-order valence-electron chi connectivity index (χ0n) is 14.7. The van der Waals surface area contributed by atoms with E-state index in [1.807, 2.05) is 32.0 Å². The monoisotopic (exact) mass is 334 g/mol. The molecule has 4 rings (SSSR count). The lowest BCUT2D eigenvalue weighted by Crippen LogP contribution is -1.90. The highest BCUT2D eigenvalue weighted by atomic mass is 16.5. The van der Waals surface area contributed by atoms with Gasteiger partial charge < -0.3 is 15.2 Å². The molecule has 0 bridgehead atoms. The van der Waals surface area contributed by atoms with Crippen molar-refractivity contribution >= 4 is 16.7 Å². The maximum Gasteiger partial charge on any atom is 0.141 e. The molecule has 0 radical (unpaired) electrons. The fourth-order valence-corrected chi connectivity index (χ4v) is 2.83. The molecule has 4 aromatic rings. The van der Waals surface area contributed by atoms with E-state index in [2.05, 4.69) is 46.3 Å². The first kappa shape index (κ1) is 16.8. The molecule has 0 spiro atoms. The summed E-state index contributed by atoms with van der Waals surface area (Å²) < 4.78 is 5.17. The van der Waals surface area contributed by atoms with Crippen LogP contribution in [-0.2, 0) is 6.42 Å². The molecule has 0 fully saturated rings. The van der Waals surface area contributed by atoms with Crippen molar-refractivity contribution in [3.05, 3.63) is 65.8 Å². The Bertz CT molecular complexity index is 950. The lowest BCUT2D eigenvalue weighted by Gasteiger charge is -2.03. The van der Waals surface area contributed by atoms with Gasteiger partial charge in [-0.15, -0.1) is 0 Å².